The number of carbonyl (C=O) groups excluding carboxylic acids is 2. The summed E-state index contributed by atoms with van der Waals surface area (Å²) in [4.78, 5) is 39.0. The topological polar surface area (TPSA) is 96.1 Å². The summed E-state index contributed by atoms with van der Waals surface area (Å²) < 4.78 is 0. The minimum atomic E-state index is -0.910. The molecule has 0 N–H and O–H groups in total. The zero-order valence-corrected chi connectivity index (χ0v) is 18.1. The van der Waals surface area contributed by atoms with Gasteiger partial charge in [0.15, 0.2) is 0 Å². The Balaban J connectivity index is 1.63. The first-order valence-electron chi connectivity index (χ1n) is 10.2. The molecule has 2 atom stereocenters. The number of hydrazone groups is 1. The molecule has 2 heterocycles. The summed E-state index contributed by atoms with van der Waals surface area (Å²) in [5.41, 5.74) is 2.66. The minimum Gasteiger partial charge on any atom is -0.273 e. The molecule has 9 heteroatoms. The van der Waals surface area contributed by atoms with E-state index in [-0.39, 0.29) is 11.6 Å². The Kier molecular flexibility index (Phi) is 4.94. The molecule has 2 amide bonds. The molecule has 3 aromatic carbocycles. The average Bonchev–Trinajstić information content (AvgIpc) is 3.33. The van der Waals surface area contributed by atoms with E-state index >= 15 is 0 Å². The SMILES string of the molecule is Cc1c(Cl)cccc1N1C(=O)[C@@H]2C(c3ccccc3)=NN(c3ccc([N+](=O)[O-])cc3)[C@H]2C1=O. The summed E-state index contributed by atoms with van der Waals surface area (Å²) in [6.07, 6.45) is 0. The van der Waals surface area contributed by atoms with Crippen molar-refractivity contribution in [3.8, 4) is 0 Å². The van der Waals surface area contributed by atoms with Gasteiger partial charge in [0.2, 0.25) is 5.91 Å². The third-order valence-corrected chi connectivity index (χ3v) is 6.33. The Bertz CT molecular complexity index is 1320. The molecule has 0 unspecified atom stereocenters. The van der Waals surface area contributed by atoms with Crippen LogP contribution < -0.4 is 9.91 Å². The van der Waals surface area contributed by atoms with Gasteiger partial charge in [0.25, 0.3) is 11.6 Å². The lowest BCUT2D eigenvalue weighted by Crippen LogP contribution is -2.39. The van der Waals surface area contributed by atoms with Crippen molar-refractivity contribution in [2.75, 3.05) is 9.91 Å². The maximum Gasteiger partial charge on any atom is 0.269 e. The lowest BCUT2D eigenvalue weighted by Gasteiger charge is -2.23. The van der Waals surface area contributed by atoms with Gasteiger partial charge in [-0.15, -0.1) is 0 Å². The van der Waals surface area contributed by atoms with Crippen LogP contribution in [0.5, 0.6) is 0 Å². The van der Waals surface area contributed by atoms with E-state index in [1.165, 1.54) is 34.2 Å². The summed E-state index contributed by atoms with van der Waals surface area (Å²) in [6.45, 7) is 1.76. The van der Waals surface area contributed by atoms with Gasteiger partial charge >= 0.3 is 0 Å². The van der Waals surface area contributed by atoms with Crippen LogP contribution in [-0.2, 0) is 9.59 Å². The molecule has 0 bridgehead atoms. The Morgan fingerprint density at radius 1 is 0.939 bits per heavy atom. The van der Waals surface area contributed by atoms with Gasteiger partial charge < -0.3 is 0 Å². The summed E-state index contributed by atoms with van der Waals surface area (Å²) in [7, 11) is 0. The van der Waals surface area contributed by atoms with Crippen molar-refractivity contribution in [1.29, 1.82) is 0 Å². The fourth-order valence-electron chi connectivity index (χ4n) is 4.28. The second-order valence-corrected chi connectivity index (χ2v) is 8.19. The fourth-order valence-corrected chi connectivity index (χ4v) is 4.45. The Morgan fingerprint density at radius 3 is 2.30 bits per heavy atom. The number of imide groups is 1. The highest BCUT2D eigenvalue weighted by Gasteiger charge is 2.57. The average molecular weight is 461 g/mol. The quantitative estimate of drug-likeness (QED) is 0.328. The van der Waals surface area contributed by atoms with Crippen molar-refractivity contribution in [1.82, 2.24) is 0 Å². The largest absolute Gasteiger partial charge is 0.273 e. The van der Waals surface area contributed by atoms with Crippen LogP contribution in [0.3, 0.4) is 0 Å². The molecular weight excluding hydrogens is 444 g/mol. The molecule has 2 aliphatic rings. The molecule has 8 nitrogen and oxygen atoms in total. The number of rotatable bonds is 4. The number of nitro groups is 1. The fraction of sp³-hybridized carbons (Fsp3) is 0.125. The maximum atomic E-state index is 13.6. The van der Waals surface area contributed by atoms with E-state index in [1.807, 2.05) is 30.3 Å². The summed E-state index contributed by atoms with van der Waals surface area (Å²) in [5, 5.41) is 17.6. The molecule has 1 saturated heterocycles. The van der Waals surface area contributed by atoms with Gasteiger partial charge in [0.1, 0.15) is 12.0 Å². The summed E-state index contributed by atoms with van der Waals surface area (Å²) >= 11 is 6.26. The number of nitrogens with zero attached hydrogens (tertiary/aromatic N) is 4. The smallest absolute Gasteiger partial charge is 0.269 e. The van der Waals surface area contributed by atoms with Crippen molar-refractivity contribution in [3.63, 3.8) is 0 Å². The van der Waals surface area contributed by atoms with Crippen LogP contribution >= 0.6 is 11.6 Å². The Hall–Kier alpha value is -4.04. The second kappa shape index (κ2) is 7.83. The van der Waals surface area contributed by atoms with Gasteiger partial charge in [-0.1, -0.05) is 48.0 Å². The highest BCUT2D eigenvalue weighted by Crippen LogP contribution is 2.41. The van der Waals surface area contributed by atoms with Crippen LogP contribution in [0, 0.1) is 23.0 Å². The summed E-state index contributed by atoms with van der Waals surface area (Å²) in [5.74, 6) is -1.64. The summed E-state index contributed by atoms with van der Waals surface area (Å²) in [6, 6.07) is 19.1. The van der Waals surface area contributed by atoms with E-state index in [9.17, 15) is 19.7 Å². The highest BCUT2D eigenvalue weighted by atomic mass is 35.5. The number of carbonyl (C=O) groups is 2. The normalized spacial score (nSPS) is 19.6. The predicted octanol–water partition coefficient (Wildman–Crippen LogP) is 4.34. The van der Waals surface area contributed by atoms with E-state index in [1.54, 1.807) is 25.1 Å². The molecule has 0 saturated carbocycles. The molecule has 1 fully saturated rings. The molecule has 5 rings (SSSR count). The van der Waals surface area contributed by atoms with Crippen LogP contribution in [-0.4, -0.2) is 28.5 Å². The Labute approximate surface area is 193 Å². The predicted molar refractivity (Wildman–Crippen MR) is 125 cm³/mol. The first-order chi connectivity index (χ1) is 15.9. The Morgan fingerprint density at radius 2 is 1.64 bits per heavy atom. The molecule has 0 aromatic heterocycles. The molecular formula is C24H17ClN4O4. The number of benzene rings is 3. The molecule has 0 aliphatic carbocycles. The van der Waals surface area contributed by atoms with Gasteiger partial charge in [-0.25, -0.2) is 4.90 Å². The van der Waals surface area contributed by atoms with Gasteiger partial charge in [0, 0.05) is 17.2 Å². The molecule has 0 spiro atoms. The van der Waals surface area contributed by atoms with Crippen LogP contribution in [0.2, 0.25) is 5.02 Å². The number of nitro benzene ring substituents is 1. The number of hydrogen-bond acceptors (Lipinski definition) is 6. The number of halogens is 1. The molecule has 164 valence electrons. The second-order valence-electron chi connectivity index (χ2n) is 7.79. The van der Waals surface area contributed by atoms with Gasteiger partial charge in [-0.3, -0.25) is 24.7 Å². The minimum absolute atomic E-state index is 0.0771. The lowest BCUT2D eigenvalue weighted by molar-refractivity contribution is -0.384. The monoisotopic (exact) mass is 460 g/mol. The van der Waals surface area contributed by atoms with Crippen molar-refractivity contribution in [3.05, 3.63) is 99.1 Å². The van der Waals surface area contributed by atoms with E-state index in [2.05, 4.69) is 5.10 Å². The van der Waals surface area contributed by atoms with Gasteiger partial charge in [-0.05, 0) is 42.3 Å². The number of fused-ring (bicyclic) bond motifs is 1. The van der Waals surface area contributed by atoms with Crippen molar-refractivity contribution < 1.29 is 14.5 Å². The van der Waals surface area contributed by atoms with E-state index in [0.717, 1.165) is 5.56 Å². The van der Waals surface area contributed by atoms with E-state index in [4.69, 9.17) is 11.6 Å². The molecule has 3 aromatic rings. The molecule has 0 radical (unpaired) electrons. The third-order valence-electron chi connectivity index (χ3n) is 5.92. The maximum absolute atomic E-state index is 13.6. The van der Waals surface area contributed by atoms with Crippen molar-refractivity contribution >= 4 is 46.2 Å². The van der Waals surface area contributed by atoms with Crippen LogP contribution in [0.4, 0.5) is 17.1 Å². The van der Waals surface area contributed by atoms with E-state index in [0.29, 0.717) is 27.7 Å². The van der Waals surface area contributed by atoms with Gasteiger partial charge in [0.05, 0.1) is 22.0 Å². The van der Waals surface area contributed by atoms with Crippen LogP contribution in [0.15, 0.2) is 77.9 Å². The number of amides is 2. The number of anilines is 2. The standard InChI is InChI=1S/C24H17ClN4O4/c1-14-18(25)8-5-9-19(14)27-23(30)20-21(15-6-3-2-4-7-15)26-28(22(20)24(27)31)16-10-12-17(13-11-16)29(32)33/h2-13,20,22H,1H3/t20-,22-/m1/s1. The van der Waals surface area contributed by atoms with Gasteiger partial charge in [-0.2, -0.15) is 5.10 Å². The van der Waals surface area contributed by atoms with Crippen molar-refractivity contribution in [2.24, 2.45) is 11.0 Å². The first-order valence-corrected chi connectivity index (χ1v) is 10.6. The van der Waals surface area contributed by atoms with Crippen molar-refractivity contribution in [2.45, 2.75) is 13.0 Å². The highest BCUT2D eigenvalue weighted by molar-refractivity contribution is 6.35. The first kappa shape index (κ1) is 20.8. The van der Waals surface area contributed by atoms with Crippen LogP contribution in [0.1, 0.15) is 11.1 Å². The molecule has 33 heavy (non-hydrogen) atoms. The molecule has 2 aliphatic heterocycles. The van der Waals surface area contributed by atoms with Crippen LogP contribution in [0.25, 0.3) is 0 Å². The number of non-ortho nitro benzene ring substituents is 1. The zero-order valence-electron chi connectivity index (χ0n) is 17.4. The lowest BCUT2D eigenvalue weighted by atomic mass is 9.93. The zero-order chi connectivity index (χ0) is 23.3. The van der Waals surface area contributed by atoms with E-state index < -0.39 is 22.8 Å². The number of hydrogen-bond donors (Lipinski definition) is 0. The third kappa shape index (κ3) is 3.27.